The molecule has 34 heavy (non-hydrogen) atoms. The SMILES string of the molecule is CCCCOc1ccc(C(=O)N(Cc2cccn2Cc2ccc(F)cc2)C2CCCCC2)cc1. The number of hydrogen-bond donors (Lipinski definition) is 0. The van der Waals surface area contributed by atoms with Crippen LogP contribution in [-0.4, -0.2) is 28.0 Å². The summed E-state index contributed by atoms with van der Waals surface area (Å²) >= 11 is 0. The van der Waals surface area contributed by atoms with Crippen molar-refractivity contribution >= 4 is 5.91 Å². The second kappa shape index (κ2) is 11.9. The summed E-state index contributed by atoms with van der Waals surface area (Å²) in [5.41, 5.74) is 2.82. The van der Waals surface area contributed by atoms with Crippen molar-refractivity contribution in [2.45, 2.75) is 71.0 Å². The smallest absolute Gasteiger partial charge is 0.254 e. The summed E-state index contributed by atoms with van der Waals surface area (Å²) in [6, 6.07) is 18.5. The van der Waals surface area contributed by atoms with Gasteiger partial charge in [0, 0.05) is 30.0 Å². The molecule has 0 spiro atoms. The van der Waals surface area contributed by atoms with Gasteiger partial charge in [-0.15, -0.1) is 0 Å². The molecule has 1 amide bonds. The van der Waals surface area contributed by atoms with Gasteiger partial charge in [0.15, 0.2) is 0 Å². The average molecular weight is 463 g/mol. The van der Waals surface area contributed by atoms with E-state index in [4.69, 9.17) is 4.74 Å². The Morgan fingerprint density at radius 2 is 1.76 bits per heavy atom. The van der Waals surface area contributed by atoms with Crippen molar-refractivity contribution in [3.05, 3.63) is 89.5 Å². The van der Waals surface area contributed by atoms with E-state index < -0.39 is 0 Å². The van der Waals surface area contributed by atoms with Crippen molar-refractivity contribution in [2.75, 3.05) is 6.61 Å². The van der Waals surface area contributed by atoms with Crippen molar-refractivity contribution in [3.8, 4) is 5.75 Å². The first-order valence-electron chi connectivity index (χ1n) is 12.6. The fraction of sp³-hybridized carbons (Fsp3) is 0.414. The molecule has 0 atom stereocenters. The van der Waals surface area contributed by atoms with Gasteiger partial charge in [-0.25, -0.2) is 4.39 Å². The predicted molar refractivity (Wildman–Crippen MR) is 134 cm³/mol. The van der Waals surface area contributed by atoms with E-state index in [9.17, 15) is 9.18 Å². The lowest BCUT2D eigenvalue weighted by atomic mass is 9.93. The molecule has 180 valence electrons. The van der Waals surface area contributed by atoms with Crippen molar-refractivity contribution in [3.63, 3.8) is 0 Å². The van der Waals surface area contributed by atoms with Crippen molar-refractivity contribution in [1.82, 2.24) is 9.47 Å². The normalized spacial score (nSPS) is 14.2. The summed E-state index contributed by atoms with van der Waals surface area (Å²) in [5, 5.41) is 0. The van der Waals surface area contributed by atoms with E-state index in [0.717, 1.165) is 55.5 Å². The minimum atomic E-state index is -0.229. The Labute approximate surface area is 202 Å². The zero-order chi connectivity index (χ0) is 23.8. The zero-order valence-corrected chi connectivity index (χ0v) is 20.1. The molecule has 1 aromatic heterocycles. The molecule has 1 aliphatic carbocycles. The van der Waals surface area contributed by atoms with Crippen LogP contribution >= 0.6 is 0 Å². The first kappa shape index (κ1) is 24.1. The molecule has 1 saturated carbocycles. The summed E-state index contributed by atoms with van der Waals surface area (Å²) in [6.07, 6.45) is 9.80. The summed E-state index contributed by atoms with van der Waals surface area (Å²) in [5.74, 6) is 0.649. The van der Waals surface area contributed by atoms with Crippen LogP contribution in [0.25, 0.3) is 0 Å². The Hall–Kier alpha value is -3.08. The molecular weight excluding hydrogens is 427 g/mol. The van der Waals surface area contributed by atoms with E-state index >= 15 is 0 Å². The highest BCUT2D eigenvalue weighted by Gasteiger charge is 2.27. The van der Waals surface area contributed by atoms with Gasteiger partial charge in [-0.2, -0.15) is 0 Å². The molecule has 0 aliphatic heterocycles. The monoisotopic (exact) mass is 462 g/mol. The van der Waals surface area contributed by atoms with Crippen molar-refractivity contribution < 1.29 is 13.9 Å². The zero-order valence-electron chi connectivity index (χ0n) is 20.1. The van der Waals surface area contributed by atoms with Crippen LogP contribution in [0.1, 0.15) is 73.5 Å². The highest BCUT2D eigenvalue weighted by atomic mass is 19.1. The third kappa shape index (κ3) is 6.28. The van der Waals surface area contributed by atoms with Crippen LogP contribution in [-0.2, 0) is 13.1 Å². The fourth-order valence-corrected chi connectivity index (χ4v) is 4.66. The maximum absolute atomic E-state index is 13.7. The van der Waals surface area contributed by atoms with Crippen LogP contribution in [0.3, 0.4) is 0 Å². The third-order valence-corrected chi connectivity index (χ3v) is 6.67. The molecule has 1 aliphatic rings. The second-order valence-corrected chi connectivity index (χ2v) is 9.21. The van der Waals surface area contributed by atoms with Crippen molar-refractivity contribution in [2.24, 2.45) is 0 Å². The van der Waals surface area contributed by atoms with Crippen molar-refractivity contribution in [1.29, 1.82) is 0 Å². The molecule has 0 saturated heterocycles. The topological polar surface area (TPSA) is 34.5 Å². The minimum absolute atomic E-state index is 0.0709. The summed E-state index contributed by atoms with van der Waals surface area (Å²) in [7, 11) is 0. The Kier molecular flexibility index (Phi) is 8.40. The van der Waals surface area contributed by atoms with Gasteiger partial charge in [-0.05, 0) is 73.4 Å². The lowest BCUT2D eigenvalue weighted by Gasteiger charge is -2.35. The molecule has 0 unspecified atom stereocenters. The molecular formula is C29H35FN2O2. The third-order valence-electron chi connectivity index (χ3n) is 6.67. The summed E-state index contributed by atoms with van der Waals surface area (Å²) < 4.78 is 21.2. The van der Waals surface area contributed by atoms with Crippen LogP contribution in [0.4, 0.5) is 4.39 Å². The Bertz CT molecular complexity index is 1040. The Morgan fingerprint density at radius 1 is 1.03 bits per heavy atom. The Balaban J connectivity index is 1.51. The van der Waals surface area contributed by atoms with Gasteiger partial charge in [0.2, 0.25) is 0 Å². The van der Waals surface area contributed by atoms with Crippen LogP contribution in [0.2, 0.25) is 0 Å². The molecule has 4 nitrogen and oxygen atoms in total. The molecule has 5 heteroatoms. The van der Waals surface area contributed by atoms with E-state index in [1.54, 1.807) is 0 Å². The van der Waals surface area contributed by atoms with Crippen LogP contribution < -0.4 is 4.74 Å². The lowest BCUT2D eigenvalue weighted by Crippen LogP contribution is -2.41. The van der Waals surface area contributed by atoms with Gasteiger partial charge in [0.05, 0.1) is 13.2 Å². The quantitative estimate of drug-likeness (QED) is 0.310. The molecule has 0 bridgehead atoms. The van der Waals surface area contributed by atoms with E-state index in [1.165, 1.54) is 18.6 Å². The first-order valence-corrected chi connectivity index (χ1v) is 12.6. The number of benzene rings is 2. The van der Waals surface area contributed by atoms with E-state index in [-0.39, 0.29) is 17.8 Å². The number of unbranched alkanes of at least 4 members (excludes halogenated alkanes) is 1. The summed E-state index contributed by atoms with van der Waals surface area (Å²) in [4.78, 5) is 15.7. The average Bonchev–Trinajstić information content (AvgIpc) is 3.31. The summed E-state index contributed by atoms with van der Waals surface area (Å²) in [6.45, 7) is 4.05. The van der Waals surface area contributed by atoms with Gasteiger partial charge >= 0.3 is 0 Å². The van der Waals surface area contributed by atoms with Crippen LogP contribution in [0.5, 0.6) is 5.75 Å². The highest BCUT2D eigenvalue weighted by molar-refractivity contribution is 5.94. The van der Waals surface area contributed by atoms with Gasteiger partial charge in [-0.1, -0.05) is 44.7 Å². The number of rotatable bonds is 10. The number of halogens is 1. The fourth-order valence-electron chi connectivity index (χ4n) is 4.66. The van der Waals surface area contributed by atoms with E-state index in [1.807, 2.05) is 48.7 Å². The highest BCUT2D eigenvalue weighted by Crippen LogP contribution is 2.27. The molecule has 4 rings (SSSR count). The number of carbonyl (C=O) groups excluding carboxylic acids is 1. The molecule has 0 N–H and O–H groups in total. The van der Waals surface area contributed by atoms with Gasteiger partial charge in [0.1, 0.15) is 11.6 Å². The van der Waals surface area contributed by atoms with Crippen LogP contribution in [0, 0.1) is 5.82 Å². The molecule has 1 heterocycles. The molecule has 2 aromatic carbocycles. The standard InChI is InChI=1S/C29H35FN2O2/c1-2-3-20-34-28-17-13-24(14-18-28)29(33)32(26-8-5-4-6-9-26)22-27-10-7-19-31(27)21-23-11-15-25(30)16-12-23/h7,10-19,26H,2-6,8-9,20-22H2,1H3. The molecule has 0 radical (unpaired) electrons. The maximum Gasteiger partial charge on any atom is 0.254 e. The number of ether oxygens (including phenoxy) is 1. The number of amides is 1. The van der Waals surface area contributed by atoms with Gasteiger partial charge in [-0.3, -0.25) is 4.79 Å². The second-order valence-electron chi connectivity index (χ2n) is 9.21. The predicted octanol–water partition coefficient (Wildman–Crippen LogP) is 6.83. The number of nitrogens with zero attached hydrogens (tertiary/aromatic N) is 2. The number of carbonyl (C=O) groups is 1. The van der Waals surface area contributed by atoms with E-state index in [2.05, 4.69) is 22.5 Å². The lowest BCUT2D eigenvalue weighted by molar-refractivity contribution is 0.0608. The van der Waals surface area contributed by atoms with E-state index in [0.29, 0.717) is 25.3 Å². The Morgan fingerprint density at radius 3 is 2.47 bits per heavy atom. The van der Waals surface area contributed by atoms with Gasteiger partial charge in [0.25, 0.3) is 5.91 Å². The van der Waals surface area contributed by atoms with Crippen LogP contribution in [0.15, 0.2) is 66.9 Å². The number of hydrogen-bond acceptors (Lipinski definition) is 2. The first-order chi connectivity index (χ1) is 16.6. The minimum Gasteiger partial charge on any atom is -0.494 e. The maximum atomic E-state index is 13.7. The van der Waals surface area contributed by atoms with Gasteiger partial charge < -0.3 is 14.2 Å². The molecule has 1 fully saturated rings. The largest absolute Gasteiger partial charge is 0.494 e. The molecule has 3 aromatic rings. The number of aromatic nitrogens is 1.